The first-order chi connectivity index (χ1) is 9.42. The van der Waals surface area contributed by atoms with E-state index in [9.17, 15) is 9.90 Å². The molecule has 0 aliphatic carbocycles. The number of aryl methyl sites for hydroxylation is 1. The number of rotatable bonds is 5. The molecule has 0 aliphatic heterocycles. The molecular weight excluding hydrogens is 264 g/mol. The van der Waals surface area contributed by atoms with Crippen LogP contribution in [0.25, 0.3) is 0 Å². The third kappa shape index (κ3) is 5.16. The second-order valence-electron chi connectivity index (χ2n) is 7.22. The van der Waals surface area contributed by atoms with Crippen LogP contribution < -0.4 is 0 Å². The van der Waals surface area contributed by atoms with Crippen LogP contribution in [0.2, 0.25) is 0 Å². The van der Waals surface area contributed by atoms with Crippen LogP contribution in [0.3, 0.4) is 0 Å². The summed E-state index contributed by atoms with van der Waals surface area (Å²) < 4.78 is 5.49. The Bertz CT molecular complexity index is 516. The average Bonchev–Trinajstić information content (AvgIpc) is 2.29. The van der Waals surface area contributed by atoms with Crippen LogP contribution in [0.4, 0.5) is 0 Å². The molecule has 1 radical (unpaired) electrons. The summed E-state index contributed by atoms with van der Waals surface area (Å²) in [4.78, 5) is 12.3. The highest BCUT2D eigenvalue weighted by atomic mass is 16.5. The van der Waals surface area contributed by atoms with Crippen LogP contribution in [0.15, 0.2) is 12.1 Å². The second kappa shape index (κ2) is 6.18. The van der Waals surface area contributed by atoms with Crippen LogP contribution in [0.1, 0.15) is 62.5 Å². The molecule has 1 aromatic rings. The molecule has 0 unspecified atom stereocenters. The average molecular weight is 291 g/mol. The van der Waals surface area contributed by atoms with Crippen molar-refractivity contribution in [2.24, 2.45) is 0 Å². The van der Waals surface area contributed by atoms with E-state index in [1.807, 2.05) is 41.5 Å². The Kier molecular flexibility index (Phi) is 5.21. The fourth-order valence-electron chi connectivity index (χ4n) is 2.08. The van der Waals surface area contributed by atoms with E-state index in [2.05, 4.69) is 6.92 Å². The summed E-state index contributed by atoms with van der Waals surface area (Å²) in [5.41, 5.74) is 1.45. The summed E-state index contributed by atoms with van der Waals surface area (Å²) in [7, 11) is 0. The highest BCUT2D eigenvalue weighted by Crippen LogP contribution is 2.34. The lowest BCUT2D eigenvalue weighted by Crippen LogP contribution is -2.21. The van der Waals surface area contributed by atoms with Crippen molar-refractivity contribution in [3.63, 3.8) is 0 Å². The zero-order valence-electron chi connectivity index (χ0n) is 14.0. The third-order valence-electron chi connectivity index (χ3n) is 3.25. The van der Waals surface area contributed by atoms with E-state index in [0.29, 0.717) is 18.6 Å². The van der Waals surface area contributed by atoms with Crippen molar-refractivity contribution < 1.29 is 14.6 Å². The molecule has 0 atom stereocenters. The SMILES string of the molecule is [CH2]C(C)(C)OCCC(=O)c1cc(C)c(O)c(C(C)(C)C)c1. The molecule has 1 N–H and O–H groups in total. The highest BCUT2D eigenvalue weighted by Gasteiger charge is 2.22. The number of ether oxygens (including phenoxy) is 1. The van der Waals surface area contributed by atoms with Gasteiger partial charge in [-0.05, 0) is 50.8 Å². The van der Waals surface area contributed by atoms with Gasteiger partial charge >= 0.3 is 0 Å². The number of ketones is 1. The molecule has 0 aromatic heterocycles. The van der Waals surface area contributed by atoms with Gasteiger partial charge in [-0.25, -0.2) is 0 Å². The van der Waals surface area contributed by atoms with Gasteiger partial charge in [0.25, 0.3) is 0 Å². The molecule has 0 amide bonds. The maximum atomic E-state index is 12.3. The quantitative estimate of drug-likeness (QED) is 0.827. The number of phenolic OH excluding ortho intramolecular Hbond substituents is 1. The van der Waals surface area contributed by atoms with Gasteiger partial charge in [0.2, 0.25) is 0 Å². The molecule has 3 heteroatoms. The second-order valence-corrected chi connectivity index (χ2v) is 7.22. The molecule has 21 heavy (non-hydrogen) atoms. The van der Waals surface area contributed by atoms with Gasteiger partial charge in [0.1, 0.15) is 5.75 Å². The summed E-state index contributed by atoms with van der Waals surface area (Å²) in [6, 6.07) is 3.53. The van der Waals surface area contributed by atoms with Gasteiger partial charge in [0, 0.05) is 17.5 Å². The van der Waals surface area contributed by atoms with Crippen molar-refractivity contribution in [2.45, 2.75) is 59.0 Å². The molecule has 0 saturated carbocycles. The Labute approximate surface area is 128 Å². The van der Waals surface area contributed by atoms with Gasteiger partial charge in [-0.3, -0.25) is 4.79 Å². The molecule has 0 fully saturated rings. The Morgan fingerprint density at radius 3 is 2.29 bits per heavy atom. The number of hydrogen-bond acceptors (Lipinski definition) is 3. The Morgan fingerprint density at radius 1 is 1.24 bits per heavy atom. The van der Waals surface area contributed by atoms with Crippen molar-refractivity contribution >= 4 is 5.78 Å². The van der Waals surface area contributed by atoms with Gasteiger partial charge in [0.05, 0.1) is 12.2 Å². The molecule has 1 aromatic carbocycles. The fourth-order valence-corrected chi connectivity index (χ4v) is 2.08. The molecule has 3 nitrogen and oxygen atoms in total. The lowest BCUT2D eigenvalue weighted by atomic mass is 9.83. The first kappa shape index (κ1) is 17.7. The molecule has 0 heterocycles. The highest BCUT2D eigenvalue weighted by molar-refractivity contribution is 5.96. The van der Waals surface area contributed by atoms with Crippen LogP contribution in [0, 0.1) is 13.8 Å². The van der Waals surface area contributed by atoms with Crippen LogP contribution in [-0.4, -0.2) is 23.1 Å². The number of benzene rings is 1. The minimum absolute atomic E-state index is 0.0212. The lowest BCUT2D eigenvalue weighted by molar-refractivity contribution is 0.0170. The van der Waals surface area contributed by atoms with E-state index in [4.69, 9.17) is 4.74 Å². The molecular formula is C18H27O3. The summed E-state index contributed by atoms with van der Waals surface area (Å²) in [5.74, 6) is 0.294. The predicted octanol–water partition coefficient (Wildman–Crippen LogP) is 4.20. The minimum Gasteiger partial charge on any atom is -0.507 e. The van der Waals surface area contributed by atoms with Crippen molar-refractivity contribution in [3.05, 3.63) is 35.7 Å². The van der Waals surface area contributed by atoms with Crippen LogP contribution in [-0.2, 0) is 10.2 Å². The molecule has 0 bridgehead atoms. The summed E-state index contributed by atoms with van der Waals surface area (Å²) in [6.45, 7) is 15.8. The zero-order valence-corrected chi connectivity index (χ0v) is 14.0. The molecule has 0 saturated heterocycles. The third-order valence-corrected chi connectivity index (χ3v) is 3.25. The number of phenols is 1. The van der Waals surface area contributed by atoms with E-state index in [-0.39, 0.29) is 16.9 Å². The van der Waals surface area contributed by atoms with Gasteiger partial charge in [-0.2, -0.15) is 0 Å². The van der Waals surface area contributed by atoms with E-state index in [0.717, 1.165) is 11.1 Å². The van der Waals surface area contributed by atoms with Gasteiger partial charge < -0.3 is 9.84 Å². The Balaban J connectivity index is 2.94. The zero-order chi connectivity index (χ0) is 16.4. The Morgan fingerprint density at radius 2 is 1.81 bits per heavy atom. The van der Waals surface area contributed by atoms with Gasteiger partial charge in [-0.1, -0.05) is 20.8 Å². The number of carbonyl (C=O) groups is 1. The maximum Gasteiger partial charge on any atom is 0.165 e. The standard InChI is InChI=1S/C18H27O3/c1-12-10-13(11-14(16(12)20)17(2,3)4)15(19)8-9-21-18(5,6)7/h10-11,20H,5,8-9H2,1-4,6-7H3. The van der Waals surface area contributed by atoms with E-state index in [1.165, 1.54) is 0 Å². The molecule has 0 spiro atoms. The topological polar surface area (TPSA) is 46.5 Å². The first-order valence-corrected chi connectivity index (χ1v) is 7.28. The monoisotopic (exact) mass is 291 g/mol. The van der Waals surface area contributed by atoms with E-state index < -0.39 is 5.60 Å². The van der Waals surface area contributed by atoms with Crippen molar-refractivity contribution in [1.82, 2.24) is 0 Å². The van der Waals surface area contributed by atoms with Crippen molar-refractivity contribution in [3.8, 4) is 5.75 Å². The fraction of sp³-hybridized carbons (Fsp3) is 0.556. The molecule has 117 valence electrons. The minimum atomic E-state index is -0.484. The van der Waals surface area contributed by atoms with Gasteiger partial charge in [0.15, 0.2) is 5.78 Å². The largest absolute Gasteiger partial charge is 0.507 e. The summed E-state index contributed by atoms with van der Waals surface area (Å²) >= 11 is 0. The van der Waals surface area contributed by atoms with E-state index >= 15 is 0 Å². The van der Waals surface area contributed by atoms with Crippen LogP contribution in [0.5, 0.6) is 5.75 Å². The van der Waals surface area contributed by atoms with Crippen molar-refractivity contribution in [1.29, 1.82) is 0 Å². The smallest absolute Gasteiger partial charge is 0.165 e. The number of hydrogen-bond donors (Lipinski definition) is 1. The first-order valence-electron chi connectivity index (χ1n) is 7.28. The number of Topliss-reactive ketones (excluding diaryl/α,β-unsaturated/α-hetero) is 1. The van der Waals surface area contributed by atoms with Crippen molar-refractivity contribution in [2.75, 3.05) is 6.61 Å². The molecule has 1 rings (SSSR count). The van der Waals surface area contributed by atoms with Crippen LogP contribution >= 0.6 is 0 Å². The Hall–Kier alpha value is -1.35. The van der Waals surface area contributed by atoms with Gasteiger partial charge in [-0.15, -0.1) is 0 Å². The summed E-state index contributed by atoms with van der Waals surface area (Å²) in [5, 5.41) is 10.2. The maximum absolute atomic E-state index is 12.3. The summed E-state index contributed by atoms with van der Waals surface area (Å²) in [6.07, 6.45) is 0.312. The predicted molar refractivity (Wildman–Crippen MR) is 85.9 cm³/mol. The van der Waals surface area contributed by atoms with E-state index in [1.54, 1.807) is 12.1 Å². The molecule has 0 aliphatic rings. The number of aromatic hydroxyl groups is 1. The normalized spacial score (nSPS) is 12.5. The number of carbonyl (C=O) groups excluding carboxylic acids is 1. The lowest BCUT2D eigenvalue weighted by Gasteiger charge is -2.22.